The minimum Gasteiger partial charge on any atom is -0.453 e. The molecule has 2 unspecified atom stereocenters. The Hall–Kier alpha value is -3.56. The first kappa shape index (κ1) is 30.9. The van der Waals surface area contributed by atoms with Crippen LogP contribution in [0.1, 0.15) is 68.2 Å². The summed E-state index contributed by atoms with van der Waals surface area (Å²) in [5.74, 6) is 0.208. The fourth-order valence-corrected chi connectivity index (χ4v) is 6.93. The number of amides is 2. The molecule has 4 aromatic rings. The zero-order valence-corrected chi connectivity index (χ0v) is 26.2. The van der Waals surface area contributed by atoms with Crippen molar-refractivity contribution < 1.29 is 18.7 Å². The average molecular weight is 629 g/mol. The second-order valence-electron chi connectivity index (χ2n) is 11.2. The van der Waals surface area contributed by atoms with Crippen molar-refractivity contribution in [3.05, 3.63) is 70.0 Å². The van der Waals surface area contributed by atoms with Crippen molar-refractivity contribution in [2.75, 3.05) is 19.0 Å². The maximum Gasteiger partial charge on any atom is 0.411 e. The summed E-state index contributed by atoms with van der Waals surface area (Å²) in [6.07, 6.45) is 5.99. The summed E-state index contributed by atoms with van der Waals surface area (Å²) in [4.78, 5) is 35.5. The van der Waals surface area contributed by atoms with E-state index in [1.54, 1.807) is 59.1 Å². The number of hydrogen-bond donors (Lipinski definition) is 2. The number of H-pyrrole nitrogens is 1. The molecule has 0 spiro atoms. The van der Waals surface area contributed by atoms with Gasteiger partial charge >= 0.3 is 6.09 Å². The standard InChI is InChI=1S/C32H36Cl2FN5O3/c1-5-7-18(8-6-2)20-15-25(30-37-28(29(34)38-30)19-9-11-21(12-10-19)36-32(42)43-4)40(16-20)31(41)22-13-14-24-26(27(22)35)23(33)17-39(24)3/h9-14,17-18,20,25H,5-8,15-16H2,1-4H3,(H,36,42)(H,37,38). The highest BCUT2D eigenvalue weighted by Gasteiger charge is 2.42. The Morgan fingerprint density at radius 3 is 2.49 bits per heavy atom. The van der Waals surface area contributed by atoms with E-state index in [0.29, 0.717) is 46.8 Å². The molecule has 3 heterocycles. The Kier molecular flexibility index (Phi) is 9.32. The van der Waals surface area contributed by atoms with Crippen LogP contribution in [0.5, 0.6) is 0 Å². The molecule has 1 aliphatic rings. The lowest BCUT2D eigenvalue weighted by Gasteiger charge is -2.25. The summed E-state index contributed by atoms with van der Waals surface area (Å²) in [5, 5.41) is 3.46. The molecule has 43 heavy (non-hydrogen) atoms. The van der Waals surface area contributed by atoms with E-state index < -0.39 is 23.9 Å². The topological polar surface area (TPSA) is 92.2 Å². The van der Waals surface area contributed by atoms with E-state index in [-0.39, 0.29) is 21.9 Å². The monoisotopic (exact) mass is 627 g/mol. The van der Waals surface area contributed by atoms with Gasteiger partial charge in [-0.3, -0.25) is 10.1 Å². The van der Waals surface area contributed by atoms with E-state index in [1.807, 2.05) is 0 Å². The third-order valence-electron chi connectivity index (χ3n) is 8.44. The number of aryl methyl sites for hydroxylation is 1. The third kappa shape index (κ3) is 6.10. The molecule has 1 aliphatic heterocycles. The number of nitrogens with zero attached hydrogens (tertiary/aromatic N) is 3. The van der Waals surface area contributed by atoms with Crippen LogP contribution in [0.3, 0.4) is 0 Å². The van der Waals surface area contributed by atoms with E-state index in [2.05, 4.69) is 28.9 Å². The second-order valence-corrected chi connectivity index (χ2v) is 12.0. The zero-order chi connectivity index (χ0) is 30.8. The van der Waals surface area contributed by atoms with Gasteiger partial charge < -0.3 is 19.2 Å². The number of fused-ring (bicyclic) bond motifs is 1. The number of rotatable bonds is 9. The molecule has 0 radical (unpaired) electrons. The first-order valence-electron chi connectivity index (χ1n) is 14.6. The number of nitrogens with one attached hydrogen (secondary N) is 2. The van der Waals surface area contributed by atoms with E-state index in [0.717, 1.165) is 31.2 Å². The fraction of sp³-hybridized carbons (Fsp3) is 0.406. The Labute approximate surface area is 260 Å². The number of imidazole rings is 1. The van der Waals surface area contributed by atoms with Crippen LogP contribution in [0.15, 0.2) is 42.6 Å². The molecule has 2 atom stereocenters. The van der Waals surface area contributed by atoms with Gasteiger partial charge in [-0.05, 0) is 42.5 Å². The quantitative estimate of drug-likeness (QED) is 0.194. The van der Waals surface area contributed by atoms with Crippen LogP contribution >= 0.6 is 23.2 Å². The summed E-state index contributed by atoms with van der Waals surface area (Å²) < 4.78 is 22.3. The maximum absolute atomic E-state index is 15.9. The number of benzene rings is 2. The van der Waals surface area contributed by atoms with Gasteiger partial charge in [0.05, 0.1) is 34.6 Å². The Bertz CT molecular complexity index is 1630. The fourth-order valence-electron chi connectivity index (χ4n) is 6.36. The predicted octanol–water partition coefficient (Wildman–Crippen LogP) is 8.61. The number of ether oxygens (including phenoxy) is 1. The maximum atomic E-state index is 15.9. The molecule has 11 heteroatoms. The van der Waals surface area contributed by atoms with Gasteiger partial charge in [0.15, 0.2) is 0 Å². The summed E-state index contributed by atoms with van der Waals surface area (Å²) in [6, 6.07) is 9.91. The third-order valence-corrected chi connectivity index (χ3v) is 9.00. The number of aromatic nitrogens is 3. The molecular weight excluding hydrogens is 592 g/mol. The van der Waals surface area contributed by atoms with Crippen molar-refractivity contribution in [3.8, 4) is 11.3 Å². The van der Waals surface area contributed by atoms with Crippen LogP contribution in [-0.4, -0.2) is 45.1 Å². The second kappa shape index (κ2) is 13.0. The molecular formula is C32H36Cl2FN5O3. The average Bonchev–Trinajstić information content (AvgIpc) is 3.68. The highest BCUT2D eigenvalue weighted by molar-refractivity contribution is 6.35. The van der Waals surface area contributed by atoms with E-state index >= 15 is 4.39 Å². The highest BCUT2D eigenvalue weighted by Crippen LogP contribution is 2.43. The largest absolute Gasteiger partial charge is 0.453 e. The number of methoxy groups -OCH3 is 1. The summed E-state index contributed by atoms with van der Waals surface area (Å²) in [7, 11) is 3.09. The smallest absolute Gasteiger partial charge is 0.411 e. The minimum atomic E-state index is -0.618. The lowest BCUT2D eigenvalue weighted by atomic mass is 9.83. The number of anilines is 1. The molecule has 2 aromatic carbocycles. The summed E-state index contributed by atoms with van der Waals surface area (Å²) in [6.45, 7) is 4.85. The van der Waals surface area contributed by atoms with Gasteiger partial charge in [0.1, 0.15) is 22.5 Å². The molecule has 2 N–H and O–H groups in total. The lowest BCUT2D eigenvalue weighted by molar-refractivity contribution is 0.0718. The Morgan fingerprint density at radius 1 is 1.14 bits per heavy atom. The van der Waals surface area contributed by atoms with Crippen LogP contribution in [0.2, 0.25) is 10.2 Å². The van der Waals surface area contributed by atoms with Crippen LogP contribution in [0.4, 0.5) is 14.9 Å². The van der Waals surface area contributed by atoms with Crippen molar-refractivity contribution >= 4 is 51.8 Å². The van der Waals surface area contributed by atoms with Crippen molar-refractivity contribution in [1.82, 2.24) is 19.4 Å². The molecule has 2 aromatic heterocycles. The number of likely N-dealkylation sites (tertiary alicyclic amines) is 1. The number of aromatic amines is 1. The van der Waals surface area contributed by atoms with Crippen molar-refractivity contribution in [2.24, 2.45) is 18.9 Å². The SMILES string of the molecule is CCCC(CCC)C1CC(c2nc(-c3ccc(NC(=O)OC)cc3)c(Cl)[nH]2)N(C(=O)c2ccc3c(c(Cl)cn3C)c2F)C1. The molecule has 2 amide bonds. The molecule has 228 valence electrons. The van der Waals surface area contributed by atoms with Gasteiger partial charge in [-0.15, -0.1) is 0 Å². The normalized spacial score (nSPS) is 16.8. The van der Waals surface area contributed by atoms with Gasteiger partial charge in [0.2, 0.25) is 0 Å². The lowest BCUT2D eigenvalue weighted by Crippen LogP contribution is -2.33. The molecule has 5 rings (SSSR count). The number of hydrogen-bond acceptors (Lipinski definition) is 4. The van der Waals surface area contributed by atoms with Crippen LogP contribution < -0.4 is 5.32 Å². The van der Waals surface area contributed by atoms with Gasteiger partial charge in [0.25, 0.3) is 5.91 Å². The Balaban J connectivity index is 1.50. The molecule has 1 saturated heterocycles. The van der Waals surface area contributed by atoms with E-state index in [1.165, 1.54) is 7.11 Å². The van der Waals surface area contributed by atoms with Gasteiger partial charge in [-0.2, -0.15) is 0 Å². The van der Waals surface area contributed by atoms with Gasteiger partial charge in [-0.1, -0.05) is 74.9 Å². The molecule has 8 nitrogen and oxygen atoms in total. The number of halogens is 3. The molecule has 0 aliphatic carbocycles. The van der Waals surface area contributed by atoms with Crippen molar-refractivity contribution in [3.63, 3.8) is 0 Å². The zero-order valence-electron chi connectivity index (χ0n) is 24.7. The van der Waals surface area contributed by atoms with Crippen LogP contribution in [-0.2, 0) is 11.8 Å². The Morgan fingerprint density at radius 2 is 1.84 bits per heavy atom. The van der Waals surface area contributed by atoms with Gasteiger partial charge in [0, 0.05) is 31.0 Å². The molecule has 0 bridgehead atoms. The molecule has 0 saturated carbocycles. The van der Waals surface area contributed by atoms with Gasteiger partial charge in [-0.25, -0.2) is 14.2 Å². The first-order valence-corrected chi connectivity index (χ1v) is 15.4. The van der Waals surface area contributed by atoms with Crippen LogP contribution in [0.25, 0.3) is 22.2 Å². The molecule has 1 fully saturated rings. The van der Waals surface area contributed by atoms with E-state index in [9.17, 15) is 9.59 Å². The van der Waals surface area contributed by atoms with Crippen molar-refractivity contribution in [2.45, 2.75) is 52.0 Å². The highest BCUT2D eigenvalue weighted by atomic mass is 35.5. The number of carbonyl (C=O) groups excluding carboxylic acids is 2. The summed E-state index contributed by atoms with van der Waals surface area (Å²) in [5.41, 5.74) is 2.43. The minimum absolute atomic E-state index is 0.0136. The summed E-state index contributed by atoms with van der Waals surface area (Å²) >= 11 is 13.0. The predicted molar refractivity (Wildman–Crippen MR) is 168 cm³/mol. The first-order chi connectivity index (χ1) is 20.7. The van der Waals surface area contributed by atoms with Crippen LogP contribution in [0, 0.1) is 17.7 Å². The van der Waals surface area contributed by atoms with E-state index in [4.69, 9.17) is 28.2 Å². The number of carbonyl (C=O) groups is 2. The van der Waals surface area contributed by atoms with Crippen molar-refractivity contribution in [1.29, 1.82) is 0 Å².